The molecule has 138 valence electrons. The van der Waals surface area contributed by atoms with Crippen LogP contribution in [-0.2, 0) is 12.8 Å². The molecule has 1 amide bonds. The molecule has 0 fully saturated rings. The average molecular weight is 373 g/mol. The number of carbonyl (C=O) groups is 1. The van der Waals surface area contributed by atoms with Crippen LogP contribution in [0, 0.1) is 0 Å². The van der Waals surface area contributed by atoms with Crippen molar-refractivity contribution in [3.05, 3.63) is 77.6 Å². The molecule has 2 aromatic carbocycles. The fourth-order valence-electron chi connectivity index (χ4n) is 2.37. The van der Waals surface area contributed by atoms with E-state index in [2.05, 4.69) is 15.3 Å². The van der Waals surface area contributed by atoms with Crippen LogP contribution in [0.3, 0.4) is 0 Å². The number of aliphatic hydroxyl groups excluding tert-OH is 1. The van der Waals surface area contributed by atoms with Gasteiger partial charge < -0.3 is 10.4 Å². The van der Waals surface area contributed by atoms with Gasteiger partial charge in [-0.15, -0.1) is 0 Å². The van der Waals surface area contributed by atoms with Crippen LogP contribution in [0.2, 0.25) is 0 Å². The van der Waals surface area contributed by atoms with Crippen LogP contribution < -0.4 is 5.32 Å². The maximum absolute atomic E-state index is 12.6. The molecule has 2 N–H and O–H groups in total. The van der Waals surface area contributed by atoms with E-state index in [0.29, 0.717) is 5.82 Å². The van der Waals surface area contributed by atoms with E-state index < -0.39 is 24.3 Å². The Morgan fingerprint density at radius 3 is 2.30 bits per heavy atom. The van der Waals surface area contributed by atoms with Gasteiger partial charge in [0.15, 0.2) is 5.82 Å². The zero-order chi connectivity index (χ0) is 19.4. The van der Waals surface area contributed by atoms with Crippen molar-refractivity contribution in [3.63, 3.8) is 0 Å². The van der Waals surface area contributed by atoms with Gasteiger partial charge in [0.1, 0.15) is 0 Å². The maximum Gasteiger partial charge on any atom is 0.416 e. The van der Waals surface area contributed by atoms with Crippen molar-refractivity contribution in [2.24, 2.45) is 0 Å². The van der Waals surface area contributed by atoms with Gasteiger partial charge in [-0.2, -0.15) is 13.2 Å². The van der Waals surface area contributed by atoms with Crippen LogP contribution in [0.4, 0.5) is 18.9 Å². The molecular formula is C19H14F3N3O2. The lowest BCUT2D eigenvalue weighted by molar-refractivity contribution is -0.137. The van der Waals surface area contributed by atoms with Crippen LogP contribution in [-0.4, -0.2) is 21.0 Å². The van der Waals surface area contributed by atoms with Crippen LogP contribution in [0.5, 0.6) is 0 Å². The van der Waals surface area contributed by atoms with Gasteiger partial charge in [0.2, 0.25) is 0 Å². The Kier molecular flexibility index (Phi) is 5.18. The number of nitrogens with one attached hydrogen (secondary N) is 1. The van der Waals surface area contributed by atoms with Gasteiger partial charge in [0.05, 0.1) is 29.7 Å². The first-order chi connectivity index (χ1) is 12.9. The Morgan fingerprint density at radius 2 is 1.70 bits per heavy atom. The molecule has 0 aliphatic rings. The average Bonchev–Trinajstić information content (AvgIpc) is 2.68. The Labute approximate surface area is 152 Å². The molecule has 0 saturated heterocycles. The summed E-state index contributed by atoms with van der Waals surface area (Å²) in [6.07, 6.45) is -3.12. The van der Waals surface area contributed by atoms with E-state index in [1.807, 2.05) is 18.2 Å². The number of anilines is 1. The molecule has 1 heterocycles. The van der Waals surface area contributed by atoms with Crippen LogP contribution in [0.15, 0.2) is 60.8 Å². The van der Waals surface area contributed by atoms with Crippen molar-refractivity contribution in [1.82, 2.24) is 9.97 Å². The predicted molar refractivity (Wildman–Crippen MR) is 92.8 cm³/mol. The van der Waals surface area contributed by atoms with Gasteiger partial charge >= 0.3 is 6.18 Å². The third-order valence-electron chi connectivity index (χ3n) is 3.77. The standard InChI is InChI=1S/C19H14F3N3O2/c20-19(21,22)14-8-6-13(7-9-14)18(27)25-15-10-23-17(24-16(15)11-26)12-4-2-1-3-5-12/h1-10,26H,11H2,(H,25,27). The van der Waals surface area contributed by atoms with E-state index in [4.69, 9.17) is 0 Å². The molecule has 5 nitrogen and oxygen atoms in total. The fraction of sp³-hybridized carbons (Fsp3) is 0.105. The van der Waals surface area contributed by atoms with Crippen molar-refractivity contribution >= 4 is 11.6 Å². The number of aliphatic hydroxyl groups is 1. The first kappa shape index (κ1) is 18.5. The Morgan fingerprint density at radius 1 is 1.04 bits per heavy atom. The largest absolute Gasteiger partial charge is 0.416 e. The lowest BCUT2D eigenvalue weighted by Crippen LogP contribution is -2.15. The Hall–Kier alpha value is -3.26. The summed E-state index contributed by atoms with van der Waals surface area (Å²) in [5, 5.41) is 12.0. The van der Waals surface area contributed by atoms with Crippen molar-refractivity contribution < 1.29 is 23.1 Å². The van der Waals surface area contributed by atoms with Gasteiger partial charge in [0.25, 0.3) is 5.91 Å². The topological polar surface area (TPSA) is 75.1 Å². The van der Waals surface area contributed by atoms with Gasteiger partial charge in [-0.05, 0) is 24.3 Å². The van der Waals surface area contributed by atoms with Crippen molar-refractivity contribution in [2.45, 2.75) is 12.8 Å². The molecular weight excluding hydrogens is 359 g/mol. The lowest BCUT2D eigenvalue weighted by Gasteiger charge is -2.11. The fourth-order valence-corrected chi connectivity index (χ4v) is 2.37. The van der Waals surface area contributed by atoms with E-state index in [9.17, 15) is 23.1 Å². The molecule has 0 aliphatic carbocycles. The minimum atomic E-state index is -4.47. The Bertz CT molecular complexity index is 943. The normalized spacial score (nSPS) is 11.3. The number of halogens is 3. The third kappa shape index (κ3) is 4.29. The molecule has 27 heavy (non-hydrogen) atoms. The molecule has 0 spiro atoms. The van der Waals surface area contributed by atoms with E-state index in [-0.39, 0.29) is 16.9 Å². The molecule has 0 atom stereocenters. The first-order valence-electron chi connectivity index (χ1n) is 7.89. The highest BCUT2D eigenvalue weighted by Gasteiger charge is 2.30. The summed E-state index contributed by atoms with van der Waals surface area (Å²) < 4.78 is 37.8. The summed E-state index contributed by atoms with van der Waals surface area (Å²) in [7, 11) is 0. The zero-order valence-electron chi connectivity index (χ0n) is 13.9. The summed E-state index contributed by atoms with van der Waals surface area (Å²) in [5.41, 5.74) is 0.323. The quantitative estimate of drug-likeness (QED) is 0.727. The number of carbonyl (C=O) groups excluding carboxylic acids is 1. The molecule has 1 aromatic heterocycles. The van der Waals surface area contributed by atoms with Crippen molar-refractivity contribution in [1.29, 1.82) is 0 Å². The predicted octanol–water partition coefficient (Wildman–Crippen LogP) is 3.91. The van der Waals surface area contributed by atoms with Gasteiger partial charge in [0, 0.05) is 11.1 Å². The number of aromatic nitrogens is 2. The number of hydrogen-bond donors (Lipinski definition) is 2. The number of amides is 1. The molecule has 0 saturated carbocycles. The molecule has 3 aromatic rings. The SMILES string of the molecule is O=C(Nc1cnc(-c2ccccc2)nc1CO)c1ccc(C(F)(F)F)cc1. The van der Waals surface area contributed by atoms with E-state index in [1.54, 1.807) is 12.1 Å². The summed E-state index contributed by atoms with van der Waals surface area (Å²) >= 11 is 0. The molecule has 0 bridgehead atoms. The van der Waals surface area contributed by atoms with Gasteiger partial charge in [-0.25, -0.2) is 9.97 Å². The van der Waals surface area contributed by atoms with Crippen LogP contribution in [0.25, 0.3) is 11.4 Å². The van der Waals surface area contributed by atoms with E-state index >= 15 is 0 Å². The number of benzene rings is 2. The number of alkyl halides is 3. The van der Waals surface area contributed by atoms with Gasteiger partial charge in [-0.1, -0.05) is 30.3 Å². The molecule has 0 aliphatic heterocycles. The second-order valence-electron chi connectivity index (χ2n) is 5.61. The summed E-state index contributed by atoms with van der Waals surface area (Å²) in [6.45, 7) is -0.440. The minimum absolute atomic E-state index is 0.0408. The van der Waals surface area contributed by atoms with E-state index in [0.717, 1.165) is 29.8 Å². The summed E-state index contributed by atoms with van der Waals surface area (Å²) in [6, 6.07) is 12.9. The smallest absolute Gasteiger partial charge is 0.390 e. The molecule has 3 rings (SSSR count). The maximum atomic E-state index is 12.6. The highest BCUT2D eigenvalue weighted by molar-refractivity contribution is 6.04. The summed E-state index contributed by atoms with van der Waals surface area (Å²) in [5.74, 6) is -0.248. The van der Waals surface area contributed by atoms with Crippen molar-refractivity contribution in [2.75, 3.05) is 5.32 Å². The van der Waals surface area contributed by atoms with Crippen LogP contribution >= 0.6 is 0 Å². The molecule has 0 unspecified atom stereocenters. The Balaban J connectivity index is 1.81. The zero-order valence-corrected chi connectivity index (χ0v) is 13.9. The first-order valence-corrected chi connectivity index (χ1v) is 7.89. The van der Waals surface area contributed by atoms with E-state index in [1.165, 1.54) is 6.20 Å². The highest BCUT2D eigenvalue weighted by Crippen LogP contribution is 2.29. The molecule has 8 heteroatoms. The second kappa shape index (κ2) is 7.55. The second-order valence-corrected chi connectivity index (χ2v) is 5.61. The minimum Gasteiger partial charge on any atom is -0.390 e. The third-order valence-corrected chi connectivity index (χ3v) is 3.77. The van der Waals surface area contributed by atoms with Crippen LogP contribution in [0.1, 0.15) is 21.6 Å². The number of nitrogens with zero attached hydrogens (tertiary/aromatic N) is 2. The summed E-state index contributed by atoms with van der Waals surface area (Å²) in [4.78, 5) is 20.7. The van der Waals surface area contributed by atoms with Crippen molar-refractivity contribution in [3.8, 4) is 11.4 Å². The molecule has 0 radical (unpaired) electrons. The highest BCUT2D eigenvalue weighted by atomic mass is 19.4. The number of rotatable bonds is 4. The monoisotopic (exact) mass is 373 g/mol. The van der Waals surface area contributed by atoms with Gasteiger partial charge in [-0.3, -0.25) is 4.79 Å². The number of hydrogen-bond acceptors (Lipinski definition) is 4. The lowest BCUT2D eigenvalue weighted by atomic mass is 10.1.